The van der Waals surface area contributed by atoms with Crippen molar-refractivity contribution in [2.45, 2.75) is 33.2 Å². The number of carbonyl (C=O) groups is 1. The van der Waals surface area contributed by atoms with E-state index in [4.69, 9.17) is 0 Å². The Morgan fingerprint density at radius 3 is 2.50 bits per heavy atom. The molecule has 0 unspecified atom stereocenters. The summed E-state index contributed by atoms with van der Waals surface area (Å²) in [6, 6.07) is 11.3. The highest BCUT2D eigenvalue weighted by Gasteiger charge is 2.24. The normalized spacial score (nSPS) is 14.5. The maximum absolute atomic E-state index is 12.8. The minimum Gasteiger partial charge on any atom is -0.368 e. The van der Waals surface area contributed by atoms with Crippen molar-refractivity contribution in [3.8, 4) is 0 Å². The van der Waals surface area contributed by atoms with E-state index in [1.807, 2.05) is 17.0 Å². The van der Waals surface area contributed by atoms with Crippen LogP contribution in [0.1, 0.15) is 35.8 Å². The Bertz CT molecular complexity index is 823. The molecule has 1 amide bonds. The molecule has 0 bridgehead atoms. The first-order valence-corrected chi connectivity index (χ1v) is 9.28. The zero-order chi connectivity index (χ0) is 18.5. The predicted molar refractivity (Wildman–Crippen MR) is 103 cm³/mol. The van der Waals surface area contributed by atoms with Crippen molar-refractivity contribution in [2.24, 2.45) is 0 Å². The third-order valence-electron chi connectivity index (χ3n) is 4.83. The fourth-order valence-electron chi connectivity index (χ4n) is 3.26. The van der Waals surface area contributed by atoms with Gasteiger partial charge < -0.3 is 9.80 Å². The van der Waals surface area contributed by atoms with Crippen LogP contribution in [0.2, 0.25) is 0 Å². The van der Waals surface area contributed by atoms with Gasteiger partial charge >= 0.3 is 0 Å². The van der Waals surface area contributed by atoms with Crippen molar-refractivity contribution < 1.29 is 4.79 Å². The highest BCUT2D eigenvalue weighted by atomic mass is 16.2. The van der Waals surface area contributed by atoms with Crippen LogP contribution in [0.4, 0.5) is 5.69 Å². The number of carbonyl (C=O) groups excluding carboxylic acids is 1. The lowest BCUT2D eigenvalue weighted by Crippen LogP contribution is -2.49. The van der Waals surface area contributed by atoms with Gasteiger partial charge in [-0.05, 0) is 31.0 Å². The first-order chi connectivity index (χ1) is 12.6. The molecular weight excluding hydrogens is 328 g/mol. The Morgan fingerprint density at radius 2 is 1.81 bits per heavy atom. The summed E-state index contributed by atoms with van der Waals surface area (Å²) in [6.07, 6.45) is 1.85. The maximum atomic E-state index is 12.8. The van der Waals surface area contributed by atoms with E-state index in [0.29, 0.717) is 25.3 Å². The zero-order valence-electron chi connectivity index (χ0n) is 15.5. The van der Waals surface area contributed by atoms with Crippen molar-refractivity contribution >= 4 is 11.6 Å². The minimum absolute atomic E-state index is 0.0975. The summed E-state index contributed by atoms with van der Waals surface area (Å²) in [7, 11) is 0. The molecule has 1 aliphatic heterocycles. The number of aromatic nitrogens is 2. The molecular formula is C20H26N4O2. The number of amides is 1. The van der Waals surface area contributed by atoms with Gasteiger partial charge in [-0.15, -0.1) is 0 Å². The summed E-state index contributed by atoms with van der Waals surface area (Å²) in [5, 5.41) is 4.28. The molecule has 3 rings (SSSR count). The Hall–Kier alpha value is -2.63. The number of hydrogen-bond acceptors (Lipinski definition) is 4. The second kappa shape index (κ2) is 8.17. The summed E-state index contributed by atoms with van der Waals surface area (Å²) in [5.41, 5.74) is 2.67. The summed E-state index contributed by atoms with van der Waals surface area (Å²) in [6.45, 7) is 7.63. The Labute approximate surface area is 154 Å². The second-order valence-corrected chi connectivity index (χ2v) is 6.70. The van der Waals surface area contributed by atoms with Gasteiger partial charge in [-0.25, -0.2) is 4.68 Å². The van der Waals surface area contributed by atoms with Crippen LogP contribution in [0.3, 0.4) is 0 Å². The van der Waals surface area contributed by atoms with E-state index in [1.54, 1.807) is 6.07 Å². The molecule has 1 fully saturated rings. The van der Waals surface area contributed by atoms with Crippen LogP contribution in [0.5, 0.6) is 0 Å². The van der Waals surface area contributed by atoms with Crippen molar-refractivity contribution in [3.63, 3.8) is 0 Å². The van der Waals surface area contributed by atoms with Gasteiger partial charge in [0.2, 0.25) is 0 Å². The van der Waals surface area contributed by atoms with Crippen LogP contribution in [0.25, 0.3) is 0 Å². The molecule has 1 saturated heterocycles. The SMILES string of the molecule is CCCCn1nc(C(=O)N2CCN(c3ccccc3C)CC2)ccc1=O. The van der Waals surface area contributed by atoms with Crippen molar-refractivity contribution in [2.75, 3.05) is 31.1 Å². The largest absolute Gasteiger partial charge is 0.368 e. The van der Waals surface area contributed by atoms with Crippen LogP contribution < -0.4 is 10.5 Å². The highest BCUT2D eigenvalue weighted by Crippen LogP contribution is 2.21. The predicted octanol–water partition coefficient (Wildman–Crippen LogP) is 2.31. The van der Waals surface area contributed by atoms with Gasteiger partial charge in [0.1, 0.15) is 5.69 Å². The molecule has 6 heteroatoms. The first-order valence-electron chi connectivity index (χ1n) is 9.28. The molecule has 1 aliphatic rings. The van der Waals surface area contributed by atoms with Gasteiger partial charge in [0.25, 0.3) is 11.5 Å². The zero-order valence-corrected chi connectivity index (χ0v) is 15.5. The van der Waals surface area contributed by atoms with E-state index >= 15 is 0 Å². The lowest BCUT2D eigenvalue weighted by molar-refractivity contribution is 0.0738. The first kappa shape index (κ1) is 18.2. The van der Waals surface area contributed by atoms with Gasteiger partial charge in [0, 0.05) is 44.5 Å². The van der Waals surface area contributed by atoms with Crippen molar-refractivity contribution in [1.82, 2.24) is 14.7 Å². The molecule has 6 nitrogen and oxygen atoms in total. The van der Waals surface area contributed by atoms with E-state index in [-0.39, 0.29) is 11.5 Å². The number of hydrogen-bond donors (Lipinski definition) is 0. The Balaban J connectivity index is 1.67. The summed E-state index contributed by atoms with van der Waals surface area (Å²) in [5.74, 6) is -0.0975. The van der Waals surface area contributed by atoms with Gasteiger partial charge in [-0.2, -0.15) is 5.10 Å². The lowest BCUT2D eigenvalue weighted by atomic mass is 10.1. The molecule has 0 saturated carbocycles. The van der Waals surface area contributed by atoms with Gasteiger partial charge in [-0.3, -0.25) is 9.59 Å². The number of para-hydroxylation sites is 1. The standard InChI is InChI=1S/C20H26N4O2/c1-3-4-11-24-19(25)10-9-17(21-24)20(26)23-14-12-22(13-15-23)18-8-6-5-7-16(18)2/h5-10H,3-4,11-15H2,1-2H3. The monoisotopic (exact) mass is 354 g/mol. The maximum Gasteiger partial charge on any atom is 0.274 e. The van der Waals surface area contributed by atoms with Crippen LogP contribution >= 0.6 is 0 Å². The smallest absolute Gasteiger partial charge is 0.274 e. The van der Waals surface area contributed by atoms with Crippen molar-refractivity contribution in [3.05, 3.63) is 58.0 Å². The molecule has 0 N–H and O–H groups in total. The number of benzene rings is 1. The summed E-state index contributed by atoms with van der Waals surface area (Å²) < 4.78 is 1.40. The summed E-state index contributed by atoms with van der Waals surface area (Å²) >= 11 is 0. The average molecular weight is 354 g/mol. The van der Waals surface area contributed by atoms with Gasteiger partial charge in [0.05, 0.1) is 0 Å². The summed E-state index contributed by atoms with van der Waals surface area (Å²) in [4.78, 5) is 28.8. The fraction of sp³-hybridized carbons (Fsp3) is 0.450. The van der Waals surface area contributed by atoms with Crippen LogP contribution in [-0.4, -0.2) is 46.8 Å². The van der Waals surface area contributed by atoms with E-state index in [2.05, 4.69) is 36.0 Å². The van der Waals surface area contributed by atoms with Crippen LogP contribution in [0, 0.1) is 6.92 Å². The van der Waals surface area contributed by atoms with E-state index in [9.17, 15) is 9.59 Å². The number of anilines is 1. The average Bonchev–Trinajstić information content (AvgIpc) is 2.67. The van der Waals surface area contributed by atoms with Crippen molar-refractivity contribution in [1.29, 1.82) is 0 Å². The second-order valence-electron chi connectivity index (χ2n) is 6.70. The van der Waals surface area contributed by atoms with E-state index in [1.165, 1.54) is 22.0 Å². The molecule has 26 heavy (non-hydrogen) atoms. The molecule has 1 aromatic carbocycles. The topological polar surface area (TPSA) is 58.4 Å². The number of piperazine rings is 1. The number of unbranched alkanes of at least 4 members (excludes halogenated alkanes) is 1. The third kappa shape index (κ3) is 3.95. The molecule has 0 spiro atoms. The van der Waals surface area contributed by atoms with Crippen LogP contribution in [0.15, 0.2) is 41.2 Å². The quantitative estimate of drug-likeness (QED) is 0.827. The molecule has 0 atom stereocenters. The molecule has 0 aliphatic carbocycles. The Morgan fingerprint density at radius 1 is 1.08 bits per heavy atom. The third-order valence-corrected chi connectivity index (χ3v) is 4.83. The lowest BCUT2D eigenvalue weighted by Gasteiger charge is -2.36. The Kier molecular flexibility index (Phi) is 5.71. The molecule has 0 radical (unpaired) electrons. The molecule has 2 heterocycles. The minimum atomic E-state index is -0.153. The number of aryl methyl sites for hydroxylation is 2. The van der Waals surface area contributed by atoms with Gasteiger partial charge in [0.15, 0.2) is 0 Å². The highest BCUT2D eigenvalue weighted by molar-refractivity contribution is 5.92. The van der Waals surface area contributed by atoms with E-state index < -0.39 is 0 Å². The molecule has 138 valence electrons. The van der Waals surface area contributed by atoms with Gasteiger partial charge in [-0.1, -0.05) is 31.5 Å². The van der Waals surface area contributed by atoms with Crippen LogP contribution in [-0.2, 0) is 6.54 Å². The number of rotatable bonds is 5. The number of nitrogens with zero attached hydrogens (tertiary/aromatic N) is 4. The molecule has 1 aromatic heterocycles. The van der Waals surface area contributed by atoms with E-state index in [0.717, 1.165) is 25.9 Å². The molecule has 2 aromatic rings. The fourth-order valence-corrected chi connectivity index (χ4v) is 3.26.